The predicted molar refractivity (Wildman–Crippen MR) is 256 cm³/mol. The molecule has 0 amide bonds. The molecular weight excluding hydrogens is 786 g/mol. The molecule has 9 nitrogen and oxygen atoms in total. The Bertz CT molecular complexity index is 1180. The third kappa shape index (κ3) is 47.0. The summed E-state index contributed by atoms with van der Waals surface area (Å²) in [6.45, 7) is 3.53. The van der Waals surface area contributed by atoms with Gasteiger partial charge in [0, 0.05) is 19.4 Å². The summed E-state index contributed by atoms with van der Waals surface area (Å²) in [4.78, 5) is 34.6. The van der Waals surface area contributed by atoms with Crippen molar-refractivity contribution in [3.63, 3.8) is 0 Å². The Labute approximate surface area is 374 Å². The minimum Gasteiger partial charge on any atom is -0.462 e. The Morgan fingerprint density at radius 2 is 0.902 bits per heavy atom. The van der Waals surface area contributed by atoms with Crippen molar-refractivity contribution in [1.82, 2.24) is 0 Å². The molecule has 0 aromatic heterocycles. The predicted octanol–water partition coefficient (Wildman–Crippen LogP) is 14.8. The van der Waals surface area contributed by atoms with Crippen LogP contribution in [0.4, 0.5) is 0 Å². The first-order valence-corrected chi connectivity index (χ1v) is 26.3. The minimum atomic E-state index is -4.36. The fourth-order valence-corrected chi connectivity index (χ4v) is 7.55. The van der Waals surface area contributed by atoms with E-state index in [2.05, 4.69) is 74.6 Å². The minimum absolute atomic E-state index is 0.0538. The molecule has 10 heteroatoms. The number of esters is 2. The van der Waals surface area contributed by atoms with Crippen LogP contribution in [0, 0.1) is 0 Å². The standard InChI is InChI=1S/C51H92NO8P/c1-3-5-7-9-10-11-12-13-14-15-16-17-18-19-20-21-22-23-24-25-26-27-28-29-30-31-32-33-34-35-36-37-38-40-42-44-51(54)60-49(48-59-61(55,56)58-46-45-52)47-57-50(53)43-41-39-8-6-4-2/h5,7,10-11,13-14,16-17,19-20,49H,3-4,6,8-9,12,15,18,21-48,52H2,1-2H3,(H,55,56)/b7-5-,11-10-,14-13-,17-16-,20-19-. The van der Waals surface area contributed by atoms with Crippen LogP contribution in [0.2, 0.25) is 0 Å². The molecule has 61 heavy (non-hydrogen) atoms. The summed E-state index contributed by atoms with van der Waals surface area (Å²) in [7, 11) is -4.36. The number of unbranched alkanes of at least 4 members (excludes halogenated alkanes) is 23. The molecule has 0 bridgehead atoms. The monoisotopic (exact) mass is 878 g/mol. The van der Waals surface area contributed by atoms with Gasteiger partial charge in [-0.25, -0.2) is 4.57 Å². The van der Waals surface area contributed by atoms with Crippen molar-refractivity contribution >= 4 is 19.8 Å². The fourth-order valence-electron chi connectivity index (χ4n) is 6.78. The van der Waals surface area contributed by atoms with E-state index in [0.717, 1.165) is 77.0 Å². The smallest absolute Gasteiger partial charge is 0.462 e. The third-order valence-corrected chi connectivity index (χ3v) is 11.4. The number of phosphoric acid groups is 1. The lowest BCUT2D eigenvalue weighted by molar-refractivity contribution is -0.161. The quantitative estimate of drug-likeness (QED) is 0.0265. The average molecular weight is 878 g/mol. The summed E-state index contributed by atoms with van der Waals surface area (Å²) in [5.74, 6) is -0.838. The highest BCUT2D eigenvalue weighted by atomic mass is 31.2. The molecule has 0 aromatic carbocycles. The van der Waals surface area contributed by atoms with Crippen LogP contribution in [0.5, 0.6) is 0 Å². The topological polar surface area (TPSA) is 134 Å². The van der Waals surface area contributed by atoms with Gasteiger partial charge in [-0.1, -0.05) is 209 Å². The molecule has 0 radical (unpaired) electrons. The normalized spacial score (nSPS) is 13.7. The number of ether oxygens (including phenoxy) is 2. The van der Waals surface area contributed by atoms with Crippen LogP contribution in [-0.2, 0) is 32.7 Å². The molecule has 2 unspecified atom stereocenters. The second kappa shape index (κ2) is 47.2. The number of rotatable bonds is 46. The maximum atomic E-state index is 12.5. The zero-order valence-corrected chi connectivity index (χ0v) is 40.0. The first kappa shape index (κ1) is 58.7. The summed E-state index contributed by atoms with van der Waals surface area (Å²) in [5, 5.41) is 0. The molecule has 0 saturated carbocycles. The lowest BCUT2D eigenvalue weighted by Gasteiger charge is -2.19. The molecule has 0 aromatic rings. The van der Waals surface area contributed by atoms with Gasteiger partial charge < -0.3 is 20.1 Å². The van der Waals surface area contributed by atoms with Gasteiger partial charge in [0.15, 0.2) is 6.10 Å². The van der Waals surface area contributed by atoms with Gasteiger partial charge in [-0.05, 0) is 57.8 Å². The summed E-state index contributed by atoms with van der Waals surface area (Å²) in [6.07, 6.45) is 57.7. The highest BCUT2D eigenvalue weighted by molar-refractivity contribution is 7.47. The third-order valence-electron chi connectivity index (χ3n) is 10.4. The Morgan fingerprint density at radius 3 is 1.34 bits per heavy atom. The van der Waals surface area contributed by atoms with Crippen molar-refractivity contribution in [3.8, 4) is 0 Å². The van der Waals surface area contributed by atoms with Crippen molar-refractivity contribution in [2.45, 2.75) is 225 Å². The molecule has 0 saturated heterocycles. The van der Waals surface area contributed by atoms with Gasteiger partial charge >= 0.3 is 19.8 Å². The zero-order valence-electron chi connectivity index (χ0n) is 39.1. The van der Waals surface area contributed by atoms with E-state index in [1.807, 2.05) is 0 Å². The number of phosphoric ester groups is 1. The first-order valence-electron chi connectivity index (χ1n) is 24.8. The van der Waals surface area contributed by atoms with E-state index >= 15 is 0 Å². The number of carbonyl (C=O) groups excluding carboxylic acids is 2. The van der Waals surface area contributed by atoms with E-state index in [1.165, 1.54) is 109 Å². The van der Waals surface area contributed by atoms with Crippen molar-refractivity contribution in [2.75, 3.05) is 26.4 Å². The van der Waals surface area contributed by atoms with Gasteiger partial charge in [-0.3, -0.25) is 18.6 Å². The molecule has 0 aliphatic rings. The Kier molecular flexibility index (Phi) is 45.4. The molecule has 0 heterocycles. The molecule has 0 fully saturated rings. The van der Waals surface area contributed by atoms with E-state index in [1.54, 1.807) is 0 Å². The van der Waals surface area contributed by atoms with Gasteiger partial charge in [0.05, 0.1) is 13.2 Å². The van der Waals surface area contributed by atoms with E-state index in [0.29, 0.717) is 6.42 Å². The average Bonchev–Trinajstić information content (AvgIpc) is 3.25. The van der Waals surface area contributed by atoms with Crippen molar-refractivity contribution in [3.05, 3.63) is 60.8 Å². The Hall–Kier alpha value is -2.29. The van der Waals surface area contributed by atoms with Gasteiger partial charge in [0.25, 0.3) is 0 Å². The molecule has 0 rings (SSSR count). The summed E-state index contributed by atoms with van der Waals surface area (Å²) in [6, 6.07) is 0. The van der Waals surface area contributed by atoms with E-state index in [4.69, 9.17) is 24.3 Å². The van der Waals surface area contributed by atoms with Crippen LogP contribution in [-0.4, -0.2) is 49.3 Å². The van der Waals surface area contributed by atoms with E-state index in [-0.39, 0.29) is 32.6 Å². The summed E-state index contributed by atoms with van der Waals surface area (Å²) < 4.78 is 32.6. The molecule has 0 aliphatic heterocycles. The number of hydrogen-bond acceptors (Lipinski definition) is 8. The van der Waals surface area contributed by atoms with Crippen LogP contribution in [0.25, 0.3) is 0 Å². The second-order valence-electron chi connectivity index (χ2n) is 16.3. The SMILES string of the molecule is CC/C=C\C/C=C\C/C=C\C/C=C\C/C=C\CCCCCCCCCCCCCCCCCCCCCC(=O)OC(COC(=O)CCCCCCC)COP(=O)(O)OCCN. The first-order chi connectivity index (χ1) is 29.8. The van der Waals surface area contributed by atoms with Crippen LogP contribution < -0.4 is 5.73 Å². The number of carbonyl (C=O) groups is 2. The van der Waals surface area contributed by atoms with Crippen LogP contribution in [0.1, 0.15) is 219 Å². The fraction of sp³-hybridized carbons (Fsp3) is 0.765. The van der Waals surface area contributed by atoms with Crippen LogP contribution >= 0.6 is 7.82 Å². The van der Waals surface area contributed by atoms with Gasteiger partial charge in [-0.2, -0.15) is 0 Å². The second-order valence-corrected chi connectivity index (χ2v) is 17.8. The Morgan fingerprint density at radius 1 is 0.508 bits per heavy atom. The molecule has 0 aliphatic carbocycles. The van der Waals surface area contributed by atoms with Crippen molar-refractivity contribution in [1.29, 1.82) is 0 Å². The van der Waals surface area contributed by atoms with Crippen LogP contribution in [0.15, 0.2) is 60.8 Å². The van der Waals surface area contributed by atoms with Gasteiger partial charge in [-0.15, -0.1) is 0 Å². The largest absolute Gasteiger partial charge is 0.472 e. The lowest BCUT2D eigenvalue weighted by Crippen LogP contribution is -2.29. The maximum Gasteiger partial charge on any atom is 0.472 e. The molecule has 2 atom stereocenters. The highest BCUT2D eigenvalue weighted by Gasteiger charge is 2.26. The Balaban J connectivity index is 3.72. The van der Waals surface area contributed by atoms with Crippen molar-refractivity contribution in [2.24, 2.45) is 5.73 Å². The molecule has 3 N–H and O–H groups in total. The number of nitrogens with two attached hydrogens (primary N) is 1. The molecule has 0 spiro atoms. The van der Waals surface area contributed by atoms with E-state index in [9.17, 15) is 19.0 Å². The van der Waals surface area contributed by atoms with Crippen LogP contribution in [0.3, 0.4) is 0 Å². The number of allylic oxidation sites excluding steroid dienone is 10. The highest BCUT2D eigenvalue weighted by Crippen LogP contribution is 2.43. The van der Waals surface area contributed by atoms with Gasteiger partial charge in [0.2, 0.25) is 0 Å². The number of hydrogen-bond donors (Lipinski definition) is 2. The molecular formula is C51H92NO8P. The van der Waals surface area contributed by atoms with E-state index < -0.39 is 32.5 Å². The maximum absolute atomic E-state index is 12.5. The molecule has 354 valence electrons. The summed E-state index contributed by atoms with van der Waals surface area (Å²) >= 11 is 0. The van der Waals surface area contributed by atoms with Gasteiger partial charge in [0.1, 0.15) is 6.61 Å². The lowest BCUT2D eigenvalue weighted by atomic mass is 10.0. The zero-order chi connectivity index (χ0) is 44.6. The summed E-state index contributed by atoms with van der Waals surface area (Å²) in [5.41, 5.74) is 5.33. The van der Waals surface area contributed by atoms with Crippen molar-refractivity contribution < 1.29 is 37.6 Å².